The number of imidazole rings is 1. The van der Waals surface area contributed by atoms with Crippen molar-refractivity contribution in [2.75, 3.05) is 6.26 Å². The molecule has 2 N–H and O–H groups in total. The number of nitrogens with one attached hydrogen (secondary N) is 2. The molecule has 4 nitrogen and oxygen atoms in total. The number of thioether (sulfide) groups is 1. The third kappa shape index (κ3) is 1.72. The van der Waals surface area contributed by atoms with E-state index in [0.717, 1.165) is 27.6 Å². The maximum Gasteiger partial charge on any atom is 0.156 e. The fourth-order valence-electron chi connectivity index (χ4n) is 1.83. The van der Waals surface area contributed by atoms with E-state index in [9.17, 15) is 0 Å². The zero-order valence-electron chi connectivity index (χ0n) is 9.61. The lowest BCUT2D eigenvalue weighted by atomic mass is 10.2. The van der Waals surface area contributed by atoms with Crippen molar-refractivity contribution in [3.05, 3.63) is 29.8 Å². The molecule has 0 atom stereocenters. The summed E-state index contributed by atoms with van der Waals surface area (Å²) in [7, 11) is 0. The van der Waals surface area contributed by atoms with Crippen LogP contribution in [0.15, 0.2) is 29.3 Å². The zero-order chi connectivity index (χ0) is 11.8. The Bertz CT molecular complexity index is 668. The molecular formula is C12H12N4S. The van der Waals surface area contributed by atoms with Crippen molar-refractivity contribution in [2.24, 2.45) is 0 Å². The second-order valence-corrected chi connectivity index (χ2v) is 4.71. The second-order valence-electron chi connectivity index (χ2n) is 3.88. The minimum Gasteiger partial charge on any atom is -0.337 e. The highest BCUT2D eigenvalue weighted by molar-refractivity contribution is 7.98. The summed E-state index contributed by atoms with van der Waals surface area (Å²) in [6.07, 6.45) is 2.00. The average molecular weight is 244 g/mol. The van der Waals surface area contributed by atoms with Gasteiger partial charge in [-0.25, -0.2) is 4.98 Å². The number of hydrogen-bond donors (Lipinski definition) is 2. The summed E-state index contributed by atoms with van der Waals surface area (Å²) in [5, 5.41) is 8.14. The molecule has 0 aliphatic carbocycles. The number of fused-ring (bicyclic) bond motifs is 1. The maximum absolute atomic E-state index is 4.59. The van der Waals surface area contributed by atoms with E-state index in [0.29, 0.717) is 0 Å². The van der Waals surface area contributed by atoms with Gasteiger partial charge in [-0.1, -0.05) is 12.1 Å². The van der Waals surface area contributed by atoms with E-state index in [1.807, 2.05) is 24.5 Å². The number of rotatable bonds is 2. The molecule has 0 amide bonds. The highest BCUT2D eigenvalue weighted by Crippen LogP contribution is 2.23. The van der Waals surface area contributed by atoms with Crippen LogP contribution < -0.4 is 0 Å². The summed E-state index contributed by atoms with van der Waals surface area (Å²) >= 11 is 1.61. The van der Waals surface area contributed by atoms with Crippen LogP contribution in [0, 0.1) is 6.92 Å². The van der Waals surface area contributed by atoms with Gasteiger partial charge in [0.2, 0.25) is 0 Å². The molecule has 0 radical (unpaired) electrons. The second kappa shape index (κ2) is 3.92. The Hall–Kier alpha value is -1.75. The monoisotopic (exact) mass is 244 g/mol. The van der Waals surface area contributed by atoms with Crippen molar-refractivity contribution < 1.29 is 0 Å². The number of nitrogens with zero attached hydrogens (tertiary/aromatic N) is 2. The summed E-state index contributed by atoms with van der Waals surface area (Å²) in [5.74, 6) is 0.835. The van der Waals surface area contributed by atoms with Crippen LogP contribution in [-0.4, -0.2) is 26.4 Å². The number of aromatic nitrogens is 4. The molecule has 0 unspecified atom stereocenters. The van der Waals surface area contributed by atoms with E-state index in [-0.39, 0.29) is 0 Å². The Labute approximate surface area is 103 Å². The number of H-pyrrole nitrogens is 2. The van der Waals surface area contributed by atoms with Gasteiger partial charge in [-0.2, -0.15) is 5.10 Å². The van der Waals surface area contributed by atoms with E-state index < -0.39 is 0 Å². The number of aryl methyl sites for hydroxylation is 1. The van der Waals surface area contributed by atoms with Crippen LogP contribution >= 0.6 is 11.8 Å². The average Bonchev–Trinajstić information content (AvgIpc) is 2.95. The van der Waals surface area contributed by atoms with Crippen LogP contribution in [-0.2, 0) is 0 Å². The predicted molar refractivity (Wildman–Crippen MR) is 70.2 cm³/mol. The van der Waals surface area contributed by atoms with E-state index in [1.165, 1.54) is 5.56 Å². The molecule has 2 aromatic heterocycles. The molecule has 2 heterocycles. The van der Waals surface area contributed by atoms with Gasteiger partial charge in [0.05, 0.1) is 11.0 Å². The molecule has 0 saturated heterocycles. The van der Waals surface area contributed by atoms with Gasteiger partial charge < -0.3 is 4.98 Å². The standard InChI is InChI=1S/C12H12N4S/c1-7-4-3-5-8-11(7)14-12(13-8)9-6-10(17-2)16-15-9/h3-6H,1-2H3,(H,13,14)(H,15,16). The van der Waals surface area contributed by atoms with Crippen LogP contribution in [0.4, 0.5) is 0 Å². The van der Waals surface area contributed by atoms with Gasteiger partial charge in [-0.3, -0.25) is 5.10 Å². The largest absolute Gasteiger partial charge is 0.337 e. The van der Waals surface area contributed by atoms with Gasteiger partial charge in [0.1, 0.15) is 10.7 Å². The van der Waals surface area contributed by atoms with E-state index in [4.69, 9.17) is 0 Å². The minimum atomic E-state index is 0.835. The molecule has 0 aliphatic rings. The Morgan fingerprint density at radius 2 is 2.18 bits per heavy atom. The predicted octanol–water partition coefficient (Wildman–Crippen LogP) is 2.98. The number of aromatic amines is 2. The smallest absolute Gasteiger partial charge is 0.156 e. The van der Waals surface area contributed by atoms with Crippen molar-refractivity contribution in [1.82, 2.24) is 20.2 Å². The highest BCUT2D eigenvalue weighted by Gasteiger charge is 2.09. The first-order chi connectivity index (χ1) is 8.28. The lowest BCUT2D eigenvalue weighted by Gasteiger charge is -1.90. The van der Waals surface area contributed by atoms with Gasteiger partial charge in [0.25, 0.3) is 0 Å². The molecule has 1 aromatic carbocycles. The van der Waals surface area contributed by atoms with Crippen LogP contribution in [0.1, 0.15) is 5.56 Å². The third-order valence-corrected chi connectivity index (χ3v) is 3.36. The zero-order valence-corrected chi connectivity index (χ0v) is 10.4. The van der Waals surface area contributed by atoms with Crippen molar-refractivity contribution in [3.8, 4) is 11.5 Å². The molecule has 0 aliphatic heterocycles. The Kier molecular flexibility index (Phi) is 2.40. The quantitative estimate of drug-likeness (QED) is 0.681. The fraction of sp³-hybridized carbons (Fsp3) is 0.167. The van der Waals surface area contributed by atoms with Gasteiger partial charge in [-0.05, 0) is 24.8 Å². The van der Waals surface area contributed by atoms with Crippen molar-refractivity contribution in [3.63, 3.8) is 0 Å². The van der Waals surface area contributed by atoms with Crippen LogP contribution in [0.2, 0.25) is 0 Å². The van der Waals surface area contributed by atoms with Crippen LogP contribution in [0.5, 0.6) is 0 Å². The third-order valence-electron chi connectivity index (χ3n) is 2.73. The normalized spacial score (nSPS) is 11.2. The highest BCUT2D eigenvalue weighted by atomic mass is 32.2. The van der Waals surface area contributed by atoms with Crippen molar-refractivity contribution in [2.45, 2.75) is 11.9 Å². The van der Waals surface area contributed by atoms with Gasteiger partial charge in [0, 0.05) is 6.07 Å². The minimum absolute atomic E-state index is 0.835. The topological polar surface area (TPSA) is 57.4 Å². The summed E-state index contributed by atoms with van der Waals surface area (Å²) in [6, 6.07) is 8.12. The lowest BCUT2D eigenvalue weighted by Crippen LogP contribution is -1.79. The summed E-state index contributed by atoms with van der Waals surface area (Å²) < 4.78 is 0. The van der Waals surface area contributed by atoms with E-state index in [2.05, 4.69) is 33.2 Å². The molecule has 0 fully saturated rings. The van der Waals surface area contributed by atoms with Gasteiger partial charge in [-0.15, -0.1) is 11.8 Å². The molecular weight excluding hydrogens is 232 g/mol. The van der Waals surface area contributed by atoms with Crippen molar-refractivity contribution >= 4 is 22.8 Å². The molecule has 5 heteroatoms. The van der Waals surface area contributed by atoms with Crippen LogP contribution in [0.3, 0.4) is 0 Å². The molecule has 0 bridgehead atoms. The summed E-state index contributed by atoms with van der Waals surface area (Å²) in [6.45, 7) is 2.06. The van der Waals surface area contributed by atoms with E-state index in [1.54, 1.807) is 11.8 Å². The van der Waals surface area contributed by atoms with E-state index >= 15 is 0 Å². The Morgan fingerprint density at radius 3 is 2.88 bits per heavy atom. The van der Waals surface area contributed by atoms with Crippen LogP contribution in [0.25, 0.3) is 22.6 Å². The Morgan fingerprint density at radius 1 is 1.29 bits per heavy atom. The molecule has 17 heavy (non-hydrogen) atoms. The number of hydrogen-bond acceptors (Lipinski definition) is 3. The molecule has 3 aromatic rings. The summed E-state index contributed by atoms with van der Waals surface area (Å²) in [4.78, 5) is 7.89. The molecule has 3 rings (SSSR count). The van der Waals surface area contributed by atoms with Crippen molar-refractivity contribution in [1.29, 1.82) is 0 Å². The van der Waals surface area contributed by atoms with Gasteiger partial charge in [0.15, 0.2) is 5.82 Å². The summed E-state index contributed by atoms with van der Waals surface area (Å²) in [5.41, 5.74) is 4.17. The first-order valence-electron chi connectivity index (χ1n) is 5.33. The lowest BCUT2D eigenvalue weighted by molar-refractivity contribution is 1.00. The Balaban J connectivity index is 2.14. The maximum atomic E-state index is 4.59. The van der Waals surface area contributed by atoms with Gasteiger partial charge >= 0.3 is 0 Å². The molecule has 86 valence electrons. The number of para-hydroxylation sites is 1. The number of benzene rings is 1. The SMILES string of the molecule is CSc1cc(-c2nc3c(C)cccc3[nH]2)[nH]n1. The first kappa shape index (κ1) is 10.4. The molecule has 0 saturated carbocycles. The molecule has 0 spiro atoms. The first-order valence-corrected chi connectivity index (χ1v) is 6.55. The fourth-order valence-corrected chi connectivity index (χ4v) is 2.20.